The van der Waals surface area contributed by atoms with Gasteiger partial charge in [-0.05, 0) is 43.0 Å². The van der Waals surface area contributed by atoms with Crippen LogP contribution in [-0.2, 0) is 34.2 Å². The standard InChI is InChI=1S/C31H45BrN4O6/c1-18(2)22(16-19(3)29(41)42-36-23(37)14-15-24(36)38)35(10)28(40)26(30(4,5)6)34-27(39)25(33-9)31(7,8)20-12-11-13-21(32)17-20/h11-13,16-18,22,25-26,33H,14-15H2,1-10H3,(H,34,39)/b19-16+/t22-,25-,26-/m1/s1. The van der Waals surface area contributed by atoms with Crippen molar-refractivity contribution in [2.75, 3.05) is 14.1 Å². The highest BCUT2D eigenvalue weighted by molar-refractivity contribution is 9.10. The fraction of sp³-hybridized carbons (Fsp3) is 0.581. The lowest BCUT2D eigenvalue weighted by Crippen LogP contribution is -2.61. The summed E-state index contributed by atoms with van der Waals surface area (Å²) in [5.41, 5.74) is -0.164. The van der Waals surface area contributed by atoms with Gasteiger partial charge in [-0.3, -0.25) is 19.2 Å². The first-order valence-corrected chi connectivity index (χ1v) is 14.9. The van der Waals surface area contributed by atoms with Crippen LogP contribution in [0.15, 0.2) is 40.4 Å². The third-order valence-electron chi connectivity index (χ3n) is 7.64. The summed E-state index contributed by atoms with van der Waals surface area (Å²) in [6, 6.07) is 5.69. The molecule has 3 atom stereocenters. The number of benzene rings is 1. The molecular formula is C31H45BrN4O6. The molecule has 4 amide bonds. The highest BCUT2D eigenvalue weighted by Crippen LogP contribution is 2.30. The Morgan fingerprint density at radius 1 is 1.05 bits per heavy atom. The first kappa shape index (κ1) is 35.1. The number of hydrogen-bond donors (Lipinski definition) is 2. The van der Waals surface area contributed by atoms with Crippen LogP contribution in [-0.4, -0.2) is 71.8 Å². The second-order valence-corrected chi connectivity index (χ2v) is 13.7. The molecular weight excluding hydrogens is 604 g/mol. The van der Waals surface area contributed by atoms with Gasteiger partial charge in [-0.2, -0.15) is 0 Å². The normalized spacial score (nSPS) is 16.8. The molecule has 11 heteroatoms. The maximum absolute atomic E-state index is 14.0. The minimum absolute atomic E-state index is 0.00483. The quantitative estimate of drug-likeness (QED) is 0.276. The smallest absolute Gasteiger partial charge is 0.342 e. The zero-order valence-corrected chi connectivity index (χ0v) is 27.9. The Labute approximate surface area is 257 Å². The molecule has 232 valence electrons. The van der Waals surface area contributed by atoms with Gasteiger partial charge >= 0.3 is 5.97 Å². The lowest BCUT2D eigenvalue weighted by atomic mass is 9.76. The molecule has 0 aromatic heterocycles. The first-order valence-electron chi connectivity index (χ1n) is 14.1. The Hall–Kier alpha value is -3.05. The van der Waals surface area contributed by atoms with Crippen LogP contribution in [0.4, 0.5) is 0 Å². The van der Waals surface area contributed by atoms with Crippen molar-refractivity contribution in [3.05, 3.63) is 46.0 Å². The number of likely N-dealkylation sites (N-methyl/N-ethyl adjacent to an activating group) is 2. The fourth-order valence-electron chi connectivity index (χ4n) is 4.99. The maximum Gasteiger partial charge on any atom is 0.359 e. The Morgan fingerprint density at radius 3 is 2.10 bits per heavy atom. The molecule has 1 aromatic carbocycles. The Balaban J connectivity index is 2.31. The van der Waals surface area contributed by atoms with Gasteiger partial charge in [0, 0.05) is 35.4 Å². The molecule has 0 saturated carbocycles. The average molecular weight is 650 g/mol. The monoisotopic (exact) mass is 648 g/mol. The number of hydrogen-bond acceptors (Lipinski definition) is 7. The molecule has 1 fully saturated rings. The highest BCUT2D eigenvalue weighted by Gasteiger charge is 2.42. The Bertz CT molecular complexity index is 1220. The number of halogens is 1. The van der Waals surface area contributed by atoms with E-state index in [2.05, 4.69) is 26.6 Å². The second-order valence-electron chi connectivity index (χ2n) is 12.8. The van der Waals surface area contributed by atoms with Crippen molar-refractivity contribution in [3.63, 3.8) is 0 Å². The minimum Gasteiger partial charge on any atom is -0.342 e. The van der Waals surface area contributed by atoms with E-state index >= 15 is 0 Å². The minimum atomic E-state index is -0.883. The molecule has 0 aliphatic carbocycles. The molecule has 1 saturated heterocycles. The third-order valence-corrected chi connectivity index (χ3v) is 8.13. The third kappa shape index (κ3) is 8.28. The molecule has 0 unspecified atom stereocenters. The molecule has 0 spiro atoms. The predicted molar refractivity (Wildman–Crippen MR) is 164 cm³/mol. The number of carbonyl (C=O) groups is 5. The van der Waals surface area contributed by atoms with E-state index < -0.39 is 46.7 Å². The predicted octanol–water partition coefficient (Wildman–Crippen LogP) is 3.88. The molecule has 2 rings (SSSR count). The van der Waals surface area contributed by atoms with Gasteiger partial charge in [0.05, 0.1) is 12.1 Å². The van der Waals surface area contributed by atoms with Gasteiger partial charge in [0.25, 0.3) is 11.8 Å². The molecule has 10 nitrogen and oxygen atoms in total. The van der Waals surface area contributed by atoms with Crippen LogP contribution in [0.3, 0.4) is 0 Å². The van der Waals surface area contributed by atoms with Crippen LogP contribution in [0.2, 0.25) is 0 Å². The van der Waals surface area contributed by atoms with Crippen molar-refractivity contribution in [2.24, 2.45) is 11.3 Å². The molecule has 42 heavy (non-hydrogen) atoms. The molecule has 1 aliphatic rings. The first-order chi connectivity index (χ1) is 19.3. The summed E-state index contributed by atoms with van der Waals surface area (Å²) in [7, 11) is 3.34. The van der Waals surface area contributed by atoms with Crippen molar-refractivity contribution in [2.45, 2.75) is 91.8 Å². The van der Waals surface area contributed by atoms with Crippen molar-refractivity contribution >= 4 is 45.5 Å². The summed E-state index contributed by atoms with van der Waals surface area (Å²) < 4.78 is 0.901. The summed E-state index contributed by atoms with van der Waals surface area (Å²) in [6.45, 7) is 14.9. The molecule has 1 heterocycles. The summed E-state index contributed by atoms with van der Waals surface area (Å²) in [6.07, 6.45) is 1.58. The van der Waals surface area contributed by atoms with Gasteiger partial charge in [-0.15, -0.1) is 5.06 Å². The molecule has 0 bridgehead atoms. The van der Waals surface area contributed by atoms with E-state index in [0.29, 0.717) is 5.06 Å². The summed E-state index contributed by atoms with van der Waals surface area (Å²) in [5, 5.41) is 6.64. The van der Waals surface area contributed by atoms with E-state index in [0.717, 1.165) is 10.0 Å². The summed E-state index contributed by atoms with van der Waals surface area (Å²) in [5.74, 6) is -2.75. The zero-order valence-electron chi connectivity index (χ0n) is 26.3. The van der Waals surface area contributed by atoms with E-state index in [1.165, 1.54) is 11.8 Å². The number of imide groups is 1. The number of hydroxylamine groups is 2. The van der Waals surface area contributed by atoms with Gasteiger partial charge in [0.2, 0.25) is 11.8 Å². The molecule has 1 aliphatic heterocycles. The van der Waals surface area contributed by atoms with Gasteiger partial charge in [0.15, 0.2) is 0 Å². The van der Waals surface area contributed by atoms with Crippen LogP contribution < -0.4 is 10.6 Å². The van der Waals surface area contributed by atoms with Gasteiger partial charge in [-0.25, -0.2) is 4.79 Å². The summed E-state index contributed by atoms with van der Waals surface area (Å²) >= 11 is 3.50. The fourth-order valence-corrected chi connectivity index (χ4v) is 5.39. The van der Waals surface area contributed by atoms with Gasteiger partial charge in [0.1, 0.15) is 6.04 Å². The van der Waals surface area contributed by atoms with E-state index in [1.54, 1.807) is 20.2 Å². The van der Waals surface area contributed by atoms with E-state index in [-0.39, 0.29) is 36.1 Å². The zero-order chi connectivity index (χ0) is 32.2. The average Bonchev–Trinajstić information content (AvgIpc) is 3.20. The van der Waals surface area contributed by atoms with E-state index in [1.807, 2.05) is 72.7 Å². The van der Waals surface area contributed by atoms with E-state index in [9.17, 15) is 24.0 Å². The second kappa shape index (κ2) is 13.9. The van der Waals surface area contributed by atoms with Crippen molar-refractivity contribution in [3.8, 4) is 0 Å². The van der Waals surface area contributed by atoms with Gasteiger partial charge < -0.3 is 20.4 Å². The Morgan fingerprint density at radius 2 is 1.62 bits per heavy atom. The van der Waals surface area contributed by atoms with Crippen LogP contribution in [0.1, 0.15) is 73.8 Å². The van der Waals surface area contributed by atoms with Crippen LogP contribution in [0, 0.1) is 11.3 Å². The topological polar surface area (TPSA) is 125 Å². The van der Waals surface area contributed by atoms with Crippen LogP contribution >= 0.6 is 15.9 Å². The SMILES string of the molecule is CN[C@H](C(=O)N[C@H](C(=O)N(C)[C@H](/C=C(\C)C(=O)ON1C(=O)CCC1=O)C(C)C)C(C)(C)C)C(C)(C)c1cccc(Br)c1. The summed E-state index contributed by atoms with van der Waals surface area (Å²) in [4.78, 5) is 70.8. The molecule has 0 radical (unpaired) electrons. The largest absolute Gasteiger partial charge is 0.359 e. The number of rotatable bonds is 11. The Kier molecular flexibility index (Phi) is 11.7. The van der Waals surface area contributed by atoms with Crippen molar-refractivity contribution in [1.82, 2.24) is 20.6 Å². The highest BCUT2D eigenvalue weighted by atomic mass is 79.9. The number of amides is 4. The van der Waals surface area contributed by atoms with Crippen LogP contribution in [0.5, 0.6) is 0 Å². The number of nitrogens with one attached hydrogen (secondary N) is 2. The molecule has 2 N–H and O–H groups in total. The lowest BCUT2D eigenvalue weighted by molar-refractivity contribution is -0.194. The van der Waals surface area contributed by atoms with Crippen molar-refractivity contribution in [1.29, 1.82) is 0 Å². The van der Waals surface area contributed by atoms with E-state index in [4.69, 9.17) is 4.84 Å². The van der Waals surface area contributed by atoms with Crippen molar-refractivity contribution < 1.29 is 28.8 Å². The maximum atomic E-state index is 14.0. The van der Waals surface area contributed by atoms with Gasteiger partial charge in [-0.1, -0.05) is 82.6 Å². The van der Waals surface area contributed by atoms with Crippen LogP contribution in [0.25, 0.3) is 0 Å². The number of carbonyl (C=O) groups excluding carboxylic acids is 5. The number of nitrogens with zero attached hydrogens (tertiary/aromatic N) is 2. The lowest BCUT2D eigenvalue weighted by Gasteiger charge is -2.40. The molecule has 1 aromatic rings.